The summed E-state index contributed by atoms with van der Waals surface area (Å²) in [6, 6.07) is 1.85. The Hall–Kier alpha value is -2.28. The standard InChI is InChI=1S/C13H13N5OS/c1-2-11-15-5-8(17-11)6-16-12(19)13-18-9-7-14-4-3-10(9)20-13/h3-5,7H,2,6H2,1H3,(H,15,17)(H,16,19). The van der Waals surface area contributed by atoms with Crippen LogP contribution in [-0.2, 0) is 13.0 Å². The molecule has 0 fully saturated rings. The van der Waals surface area contributed by atoms with E-state index in [4.69, 9.17) is 0 Å². The van der Waals surface area contributed by atoms with E-state index in [1.54, 1.807) is 18.6 Å². The van der Waals surface area contributed by atoms with Crippen molar-refractivity contribution < 1.29 is 4.79 Å². The second kappa shape index (κ2) is 5.38. The number of carbonyl (C=O) groups is 1. The molecule has 0 bridgehead atoms. The molecule has 102 valence electrons. The van der Waals surface area contributed by atoms with Gasteiger partial charge in [-0.1, -0.05) is 6.92 Å². The van der Waals surface area contributed by atoms with Crippen molar-refractivity contribution in [2.45, 2.75) is 19.9 Å². The number of aryl methyl sites for hydroxylation is 1. The molecule has 0 unspecified atom stereocenters. The molecule has 2 N–H and O–H groups in total. The van der Waals surface area contributed by atoms with Crippen LogP contribution in [-0.4, -0.2) is 25.8 Å². The number of carbonyl (C=O) groups excluding carboxylic acids is 1. The Morgan fingerprint density at radius 3 is 3.10 bits per heavy atom. The molecule has 6 nitrogen and oxygen atoms in total. The van der Waals surface area contributed by atoms with Crippen molar-refractivity contribution in [3.05, 3.63) is 41.2 Å². The Balaban J connectivity index is 1.69. The molecular weight excluding hydrogens is 274 g/mol. The number of rotatable bonds is 4. The molecule has 7 heteroatoms. The van der Waals surface area contributed by atoms with E-state index < -0.39 is 0 Å². The van der Waals surface area contributed by atoms with Gasteiger partial charge in [0.25, 0.3) is 5.91 Å². The summed E-state index contributed by atoms with van der Waals surface area (Å²) < 4.78 is 0.958. The first kappa shape index (κ1) is 12.7. The summed E-state index contributed by atoms with van der Waals surface area (Å²) in [6.45, 7) is 2.44. The first-order chi connectivity index (χ1) is 9.76. The van der Waals surface area contributed by atoms with Crippen LogP contribution in [0.3, 0.4) is 0 Å². The molecule has 0 saturated carbocycles. The van der Waals surface area contributed by atoms with Gasteiger partial charge in [-0.3, -0.25) is 9.78 Å². The number of hydrogen-bond acceptors (Lipinski definition) is 5. The smallest absolute Gasteiger partial charge is 0.280 e. The number of pyridine rings is 1. The molecule has 0 aromatic carbocycles. The van der Waals surface area contributed by atoms with Gasteiger partial charge < -0.3 is 10.3 Å². The van der Waals surface area contributed by atoms with Crippen LogP contribution in [0.2, 0.25) is 0 Å². The highest BCUT2D eigenvalue weighted by Crippen LogP contribution is 2.20. The van der Waals surface area contributed by atoms with Gasteiger partial charge in [0.15, 0.2) is 5.01 Å². The average Bonchev–Trinajstić information content (AvgIpc) is 3.10. The van der Waals surface area contributed by atoms with Crippen LogP contribution in [0.5, 0.6) is 0 Å². The Morgan fingerprint density at radius 2 is 2.35 bits per heavy atom. The summed E-state index contributed by atoms with van der Waals surface area (Å²) >= 11 is 1.36. The number of amides is 1. The predicted octanol–water partition coefficient (Wildman–Crippen LogP) is 1.91. The van der Waals surface area contributed by atoms with Gasteiger partial charge >= 0.3 is 0 Å². The molecule has 3 aromatic rings. The van der Waals surface area contributed by atoms with Crippen molar-refractivity contribution in [2.75, 3.05) is 0 Å². The number of H-pyrrole nitrogens is 1. The number of nitrogens with one attached hydrogen (secondary N) is 2. The topological polar surface area (TPSA) is 83.6 Å². The number of nitrogens with zero attached hydrogens (tertiary/aromatic N) is 3. The highest BCUT2D eigenvalue weighted by atomic mass is 32.1. The van der Waals surface area contributed by atoms with E-state index >= 15 is 0 Å². The molecule has 0 radical (unpaired) electrons. The van der Waals surface area contributed by atoms with E-state index in [1.807, 2.05) is 13.0 Å². The zero-order valence-electron chi connectivity index (χ0n) is 10.9. The molecular formula is C13H13N5OS. The highest BCUT2D eigenvalue weighted by molar-refractivity contribution is 7.20. The predicted molar refractivity (Wildman–Crippen MR) is 76.6 cm³/mol. The zero-order chi connectivity index (χ0) is 13.9. The first-order valence-corrected chi connectivity index (χ1v) is 7.09. The monoisotopic (exact) mass is 287 g/mol. The van der Waals surface area contributed by atoms with Crippen LogP contribution < -0.4 is 5.32 Å². The lowest BCUT2D eigenvalue weighted by atomic mass is 10.4. The molecule has 0 aliphatic carbocycles. The summed E-state index contributed by atoms with van der Waals surface area (Å²) in [4.78, 5) is 27.6. The third kappa shape index (κ3) is 2.53. The minimum atomic E-state index is -0.182. The lowest BCUT2D eigenvalue weighted by Crippen LogP contribution is -2.22. The molecule has 20 heavy (non-hydrogen) atoms. The number of aromatic amines is 1. The fourth-order valence-corrected chi connectivity index (χ4v) is 2.65. The minimum Gasteiger partial charge on any atom is -0.344 e. The molecule has 0 aliphatic heterocycles. The third-order valence-corrected chi connectivity index (χ3v) is 3.87. The minimum absolute atomic E-state index is 0.182. The van der Waals surface area contributed by atoms with E-state index in [-0.39, 0.29) is 5.91 Å². The Labute approximate surface area is 119 Å². The number of hydrogen-bond donors (Lipinski definition) is 2. The van der Waals surface area contributed by atoms with Gasteiger partial charge in [-0.2, -0.15) is 0 Å². The van der Waals surface area contributed by atoms with Gasteiger partial charge in [0, 0.05) is 12.6 Å². The maximum atomic E-state index is 12.0. The number of thiazole rings is 1. The Kier molecular flexibility index (Phi) is 3.42. The maximum Gasteiger partial charge on any atom is 0.280 e. The lowest BCUT2D eigenvalue weighted by molar-refractivity contribution is 0.0950. The van der Waals surface area contributed by atoms with Crippen molar-refractivity contribution in [3.8, 4) is 0 Å². The van der Waals surface area contributed by atoms with Gasteiger partial charge in [0.1, 0.15) is 11.3 Å². The van der Waals surface area contributed by atoms with Crippen LogP contribution in [0.1, 0.15) is 28.2 Å². The fourth-order valence-electron chi connectivity index (χ4n) is 1.80. The summed E-state index contributed by atoms with van der Waals surface area (Å²) in [5.41, 5.74) is 1.63. The Morgan fingerprint density at radius 1 is 1.45 bits per heavy atom. The average molecular weight is 287 g/mol. The van der Waals surface area contributed by atoms with Crippen molar-refractivity contribution in [2.24, 2.45) is 0 Å². The molecule has 0 spiro atoms. The van der Waals surface area contributed by atoms with Crippen LogP contribution in [0.4, 0.5) is 0 Å². The van der Waals surface area contributed by atoms with Gasteiger partial charge in [-0.25, -0.2) is 9.97 Å². The number of imidazole rings is 1. The van der Waals surface area contributed by atoms with Gasteiger partial charge in [0.05, 0.1) is 29.3 Å². The molecule has 3 rings (SSSR count). The van der Waals surface area contributed by atoms with E-state index in [0.29, 0.717) is 11.6 Å². The van der Waals surface area contributed by atoms with Crippen LogP contribution in [0.25, 0.3) is 10.2 Å². The lowest BCUT2D eigenvalue weighted by Gasteiger charge is -1.99. The maximum absolute atomic E-state index is 12.0. The molecule has 1 amide bonds. The summed E-state index contributed by atoms with van der Waals surface area (Å²) in [5, 5.41) is 3.28. The first-order valence-electron chi connectivity index (χ1n) is 6.27. The van der Waals surface area contributed by atoms with Crippen molar-refractivity contribution in [3.63, 3.8) is 0 Å². The summed E-state index contributed by atoms with van der Waals surface area (Å²) in [6.07, 6.45) is 5.93. The van der Waals surface area contributed by atoms with Crippen LogP contribution in [0, 0.1) is 0 Å². The van der Waals surface area contributed by atoms with Crippen LogP contribution >= 0.6 is 11.3 Å². The SMILES string of the molecule is CCc1ncc(CNC(=O)c2nc3cnccc3s2)[nH]1. The summed E-state index contributed by atoms with van der Waals surface area (Å²) in [7, 11) is 0. The second-order valence-electron chi connectivity index (χ2n) is 4.25. The largest absolute Gasteiger partial charge is 0.344 e. The van der Waals surface area contributed by atoms with Crippen molar-refractivity contribution >= 4 is 27.5 Å². The van der Waals surface area contributed by atoms with E-state index in [2.05, 4.69) is 25.3 Å². The Bertz CT molecular complexity index is 715. The molecule has 0 aliphatic rings. The normalized spacial score (nSPS) is 10.8. The highest BCUT2D eigenvalue weighted by Gasteiger charge is 2.12. The quantitative estimate of drug-likeness (QED) is 0.767. The van der Waals surface area contributed by atoms with Crippen molar-refractivity contribution in [1.82, 2.24) is 25.3 Å². The van der Waals surface area contributed by atoms with E-state index in [0.717, 1.165) is 28.2 Å². The van der Waals surface area contributed by atoms with Crippen molar-refractivity contribution in [1.29, 1.82) is 0 Å². The molecule has 0 saturated heterocycles. The second-order valence-corrected chi connectivity index (χ2v) is 5.28. The number of fused-ring (bicyclic) bond motifs is 1. The third-order valence-electron chi connectivity index (χ3n) is 2.84. The van der Waals surface area contributed by atoms with Gasteiger partial charge in [0.2, 0.25) is 0 Å². The van der Waals surface area contributed by atoms with Gasteiger partial charge in [-0.05, 0) is 6.07 Å². The van der Waals surface area contributed by atoms with E-state index in [1.165, 1.54) is 11.3 Å². The summed E-state index contributed by atoms with van der Waals surface area (Å²) in [5.74, 6) is 0.735. The van der Waals surface area contributed by atoms with E-state index in [9.17, 15) is 4.79 Å². The zero-order valence-corrected chi connectivity index (χ0v) is 11.7. The fraction of sp³-hybridized carbons (Fsp3) is 0.231. The van der Waals surface area contributed by atoms with Gasteiger partial charge in [-0.15, -0.1) is 11.3 Å². The molecule has 3 aromatic heterocycles. The molecule has 0 atom stereocenters. The number of aromatic nitrogens is 4. The molecule has 3 heterocycles. The van der Waals surface area contributed by atoms with Crippen LogP contribution in [0.15, 0.2) is 24.7 Å².